The topological polar surface area (TPSA) is 93.8 Å². The molecule has 0 saturated carbocycles. The van der Waals surface area contributed by atoms with Crippen LogP contribution in [0.2, 0.25) is 0 Å². The lowest BCUT2D eigenvalue weighted by atomic mass is 10.3. The molecule has 2 amide bonds. The highest BCUT2D eigenvalue weighted by Gasteiger charge is 2.20. The second-order valence-corrected chi connectivity index (χ2v) is 7.10. The number of nitrogens with one attached hydrogen (secondary N) is 2. The van der Waals surface area contributed by atoms with E-state index in [1.54, 1.807) is 17.7 Å². The van der Waals surface area contributed by atoms with Gasteiger partial charge in [0, 0.05) is 18.5 Å². The van der Waals surface area contributed by atoms with Gasteiger partial charge in [0.25, 0.3) is 5.91 Å². The normalized spacial score (nSPS) is 11.0. The number of carbonyl (C=O) groups excluding carboxylic acids is 2. The number of carbonyl (C=O) groups is 2. The van der Waals surface area contributed by atoms with Gasteiger partial charge in [0.2, 0.25) is 5.91 Å². The van der Waals surface area contributed by atoms with Crippen molar-refractivity contribution in [3.8, 4) is 5.69 Å². The lowest BCUT2D eigenvalue weighted by Gasteiger charge is -2.09. The summed E-state index contributed by atoms with van der Waals surface area (Å²) in [5, 5.41) is 14.6. The lowest BCUT2D eigenvalue weighted by molar-refractivity contribution is -0.115. The van der Waals surface area contributed by atoms with Gasteiger partial charge in [-0.2, -0.15) is 10.2 Å². The van der Waals surface area contributed by atoms with E-state index < -0.39 is 0 Å². The van der Waals surface area contributed by atoms with E-state index in [9.17, 15) is 9.59 Å². The molecular formula is C21H26N6O2. The van der Waals surface area contributed by atoms with Crippen LogP contribution in [-0.2, 0) is 4.79 Å². The van der Waals surface area contributed by atoms with Crippen molar-refractivity contribution in [1.82, 2.24) is 19.6 Å². The van der Waals surface area contributed by atoms with E-state index in [-0.39, 0.29) is 23.6 Å². The third kappa shape index (κ3) is 4.21. The molecule has 0 fully saturated rings. The van der Waals surface area contributed by atoms with E-state index in [1.165, 1.54) is 0 Å². The van der Waals surface area contributed by atoms with Gasteiger partial charge in [-0.25, -0.2) is 4.68 Å². The van der Waals surface area contributed by atoms with Crippen LogP contribution in [0.15, 0.2) is 36.4 Å². The van der Waals surface area contributed by atoms with Gasteiger partial charge in [0.05, 0.1) is 22.8 Å². The third-order valence-corrected chi connectivity index (χ3v) is 4.58. The fourth-order valence-electron chi connectivity index (χ4n) is 3.10. The summed E-state index contributed by atoms with van der Waals surface area (Å²) in [5.74, 6) is -0.0698. The van der Waals surface area contributed by atoms with Gasteiger partial charge in [-0.05, 0) is 39.8 Å². The summed E-state index contributed by atoms with van der Waals surface area (Å²) in [6, 6.07) is 11.1. The van der Waals surface area contributed by atoms with E-state index in [0.29, 0.717) is 17.9 Å². The van der Waals surface area contributed by atoms with Crippen molar-refractivity contribution in [3.63, 3.8) is 0 Å². The maximum Gasteiger partial charge on any atom is 0.276 e. The van der Waals surface area contributed by atoms with Crippen molar-refractivity contribution < 1.29 is 9.59 Å². The third-order valence-electron chi connectivity index (χ3n) is 4.58. The molecule has 0 aliphatic carbocycles. The Morgan fingerprint density at radius 1 is 1.07 bits per heavy atom. The first kappa shape index (κ1) is 20.3. The van der Waals surface area contributed by atoms with Gasteiger partial charge in [-0.3, -0.25) is 14.3 Å². The molecule has 8 nitrogen and oxygen atoms in total. The highest BCUT2D eigenvalue weighted by atomic mass is 16.2. The van der Waals surface area contributed by atoms with Gasteiger partial charge < -0.3 is 10.6 Å². The second kappa shape index (κ2) is 8.30. The summed E-state index contributed by atoms with van der Waals surface area (Å²) in [4.78, 5) is 24.8. The van der Waals surface area contributed by atoms with Crippen LogP contribution in [0, 0.1) is 13.8 Å². The summed E-state index contributed by atoms with van der Waals surface area (Å²) in [5.41, 5.74) is 3.26. The fourth-order valence-corrected chi connectivity index (χ4v) is 3.10. The Kier molecular flexibility index (Phi) is 5.81. The molecule has 0 saturated heterocycles. The van der Waals surface area contributed by atoms with E-state index >= 15 is 0 Å². The second-order valence-electron chi connectivity index (χ2n) is 7.10. The average molecular weight is 394 g/mol. The maximum absolute atomic E-state index is 12.9. The summed E-state index contributed by atoms with van der Waals surface area (Å²) in [6.45, 7) is 9.62. The van der Waals surface area contributed by atoms with Crippen molar-refractivity contribution in [1.29, 1.82) is 0 Å². The molecule has 3 aromatic rings. The molecular weight excluding hydrogens is 368 g/mol. The molecule has 0 atom stereocenters. The molecule has 29 heavy (non-hydrogen) atoms. The van der Waals surface area contributed by atoms with Crippen molar-refractivity contribution >= 4 is 23.3 Å². The van der Waals surface area contributed by atoms with Crippen LogP contribution in [0.5, 0.6) is 0 Å². The summed E-state index contributed by atoms with van der Waals surface area (Å²) in [7, 11) is 0. The van der Waals surface area contributed by atoms with Crippen LogP contribution in [0.25, 0.3) is 5.69 Å². The number of nitrogens with zero attached hydrogens (tertiary/aromatic N) is 4. The summed E-state index contributed by atoms with van der Waals surface area (Å²) >= 11 is 0. The van der Waals surface area contributed by atoms with Crippen LogP contribution in [-0.4, -0.2) is 31.4 Å². The zero-order valence-electron chi connectivity index (χ0n) is 17.4. The predicted molar refractivity (Wildman–Crippen MR) is 113 cm³/mol. The number of anilines is 2. The van der Waals surface area contributed by atoms with E-state index in [2.05, 4.69) is 20.8 Å². The Morgan fingerprint density at radius 3 is 2.34 bits per heavy atom. The minimum Gasteiger partial charge on any atom is -0.317 e. The average Bonchev–Trinajstić information content (AvgIpc) is 3.24. The van der Waals surface area contributed by atoms with Crippen LogP contribution in [0.4, 0.5) is 11.5 Å². The molecule has 0 bridgehead atoms. The Morgan fingerprint density at radius 2 is 1.76 bits per heavy atom. The lowest BCUT2D eigenvalue weighted by Crippen LogP contribution is -2.15. The first-order valence-corrected chi connectivity index (χ1v) is 9.64. The molecule has 3 rings (SSSR count). The van der Waals surface area contributed by atoms with Crippen LogP contribution < -0.4 is 10.6 Å². The molecule has 0 unspecified atom stereocenters. The molecule has 152 valence electrons. The highest BCUT2D eigenvalue weighted by molar-refractivity contribution is 6.04. The van der Waals surface area contributed by atoms with Gasteiger partial charge in [-0.15, -0.1) is 0 Å². The molecule has 0 radical (unpaired) electrons. The van der Waals surface area contributed by atoms with E-state index in [1.807, 2.05) is 62.7 Å². The number of aromatic nitrogens is 4. The number of hydrogen-bond donors (Lipinski definition) is 2. The zero-order chi connectivity index (χ0) is 21.1. The van der Waals surface area contributed by atoms with Crippen molar-refractivity contribution in [2.75, 3.05) is 10.6 Å². The van der Waals surface area contributed by atoms with Gasteiger partial charge in [0.15, 0.2) is 5.69 Å². The number of hydrogen-bond acceptors (Lipinski definition) is 4. The molecule has 1 aromatic carbocycles. The summed E-state index contributed by atoms with van der Waals surface area (Å²) < 4.78 is 3.43. The quantitative estimate of drug-likeness (QED) is 0.664. The van der Waals surface area contributed by atoms with Gasteiger partial charge in [0.1, 0.15) is 5.82 Å². The van der Waals surface area contributed by atoms with Crippen molar-refractivity contribution in [2.24, 2.45) is 0 Å². The Balaban J connectivity index is 1.95. The van der Waals surface area contributed by atoms with Crippen LogP contribution in [0.1, 0.15) is 55.1 Å². The van der Waals surface area contributed by atoms with E-state index in [4.69, 9.17) is 0 Å². The van der Waals surface area contributed by atoms with Gasteiger partial charge in [-0.1, -0.05) is 25.1 Å². The van der Waals surface area contributed by atoms with Gasteiger partial charge >= 0.3 is 0 Å². The monoisotopic (exact) mass is 394 g/mol. The minimum absolute atomic E-state index is 0.154. The summed E-state index contributed by atoms with van der Waals surface area (Å²) in [6.07, 6.45) is 0.328. The van der Waals surface area contributed by atoms with Crippen LogP contribution >= 0.6 is 0 Å². The molecule has 2 N–H and O–H groups in total. The number of para-hydroxylation sites is 1. The fraction of sp³-hybridized carbons (Fsp3) is 0.333. The number of rotatable bonds is 6. The maximum atomic E-state index is 12.9. The Hall–Kier alpha value is -3.42. The van der Waals surface area contributed by atoms with E-state index in [0.717, 1.165) is 17.1 Å². The first-order chi connectivity index (χ1) is 13.8. The number of aryl methyl sites for hydroxylation is 1. The highest BCUT2D eigenvalue weighted by Crippen LogP contribution is 2.24. The molecule has 2 aromatic heterocycles. The standard InChI is InChI=1S/C21H26N6O2/c1-6-19(28)22-18-12-17(25-27(18)16-10-8-7-9-11-16)21(29)23-20-14(4)24-26(13(2)3)15(20)5/h7-13H,6H2,1-5H3,(H,22,28)(H,23,29). The SMILES string of the molecule is CCC(=O)Nc1cc(C(=O)Nc2c(C)nn(C(C)C)c2C)nn1-c1ccccc1. The molecule has 0 spiro atoms. The number of benzene rings is 1. The minimum atomic E-state index is -0.360. The smallest absolute Gasteiger partial charge is 0.276 e. The van der Waals surface area contributed by atoms with Crippen molar-refractivity contribution in [3.05, 3.63) is 53.5 Å². The molecule has 0 aliphatic heterocycles. The van der Waals surface area contributed by atoms with Crippen molar-refractivity contribution in [2.45, 2.75) is 47.1 Å². The number of amides is 2. The largest absolute Gasteiger partial charge is 0.317 e. The molecule has 0 aliphatic rings. The Bertz CT molecular complexity index is 1030. The first-order valence-electron chi connectivity index (χ1n) is 9.64. The molecule has 2 heterocycles. The zero-order valence-corrected chi connectivity index (χ0v) is 17.4. The predicted octanol–water partition coefficient (Wildman–Crippen LogP) is 3.87. The Labute approximate surface area is 169 Å². The molecule has 8 heteroatoms. The van der Waals surface area contributed by atoms with Crippen LogP contribution in [0.3, 0.4) is 0 Å².